The van der Waals surface area contributed by atoms with Gasteiger partial charge in [-0.15, -0.1) is 11.8 Å². The third-order valence-corrected chi connectivity index (χ3v) is 3.79. The molecule has 0 fully saturated rings. The molecule has 21 heavy (non-hydrogen) atoms. The molecule has 0 saturated heterocycles. The van der Waals surface area contributed by atoms with Crippen molar-refractivity contribution >= 4 is 29.3 Å². The molecule has 1 amide bonds. The van der Waals surface area contributed by atoms with E-state index in [2.05, 4.69) is 5.32 Å². The Morgan fingerprint density at radius 3 is 2.43 bits per heavy atom. The highest BCUT2D eigenvalue weighted by Gasteiger charge is 2.22. The lowest BCUT2D eigenvalue weighted by atomic mass is 10.0. The minimum Gasteiger partial charge on any atom is -0.467 e. The third-order valence-electron chi connectivity index (χ3n) is 2.78. The summed E-state index contributed by atoms with van der Waals surface area (Å²) >= 11 is 1.40. The van der Waals surface area contributed by atoms with E-state index >= 15 is 0 Å². The summed E-state index contributed by atoms with van der Waals surface area (Å²) in [5.41, 5.74) is 6.29. The van der Waals surface area contributed by atoms with Crippen molar-refractivity contribution in [3.8, 4) is 0 Å². The topological polar surface area (TPSA) is 81.4 Å². The summed E-state index contributed by atoms with van der Waals surface area (Å²) in [6.07, 6.45) is 0.560. The van der Waals surface area contributed by atoms with E-state index in [9.17, 15) is 9.59 Å². The van der Waals surface area contributed by atoms with E-state index < -0.39 is 12.0 Å². The Kier molecular flexibility index (Phi) is 7.08. The normalized spacial score (nSPS) is 12.0. The van der Waals surface area contributed by atoms with Crippen molar-refractivity contribution in [3.63, 3.8) is 0 Å². The van der Waals surface area contributed by atoms with Crippen LogP contribution in [-0.2, 0) is 14.3 Å². The molecule has 1 rings (SSSR count). The maximum Gasteiger partial charge on any atom is 0.328 e. The second-order valence-electron chi connectivity index (χ2n) is 5.13. The maximum atomic E-state index is 11.9. The molecule has 0 aliphatic rings. The number of amides is 1. The monoisotopic (exact) mass is 310 g/mol. The largest absolute Gasteiger partial charge is 0.467 e. The van der Waals surface area contributed by atoms with Crippen molar-refractivity contribution < 1.29 is 14.3 Å². The first-order valence-corrected chi connectivity index (χ1v) is 7.76. The van der Waals surface area contributed by atoms with Crippen molar-refractivity contribution in [1.82, 2.24) is 5.32 Å². The highest BCUT2D eigenvalue weighted by atomic mass is 32.2. The Balaban J connectivity index is 2.49. The predicted octanol–water partition coefficient (Wildman–Crippen LogP) is 2.06. The fraction of sp³-hybridized carbons (Fsp3) is 0.467. The molecule has 0 spiro atoms. The van der Waals surface area contributed by atoms with Crippen LogP contribution >= 0.6 is 11.8 Å². The molecule has 1 aromatic carbocycles. The van der Waals surface area contributed by atoms with Crippen molar-refractivity contribution in [2.24, 2.45) is 5.92 Å². The second kappa shape index (κ2) is 8.56. The van der Waals surface area contributed by atoms with E-state index in [-0.39, 0.29) is 11.7 Å². The van der Waals surface area contributed by atoms with Gasteiger partial charge in [-0.3, -0.25) is 4.79 Å². The van der Waals surface area contributed by atoms with Crippen molar-refractivity contribution in [2.45, 2.75) is 31.2 Å². The van der Waals surface area contributed by atoms with Gasteiger partial charge in [-0.1, -0.05) is 13.8 Å². The number of methoxy groups -OCH3 is 1. The van der Waals surface area contributed by atoms with Gasteiger partial charge in [0.05, 0.1) is 12.9 Å². The summed E-state index contributed by atoms with van der Waals surface area (Å²) in [6.45, 7) is 3.98. The first-order valence-electron chi connectivity index (χ1n) is 6.78. The summed E-state index contributed by atoms with van der Waals surface area (Å²) in [5, 5.41) is 2.72. The van der Waals surface area contributed by atoms with Crippen LogP contribution in [0.2, 0.25) is 0 Å². The average molecular weight is 310 g/mol. The number of hydrogen-bond acceptors (Lipinski definition) is 5. The number of esters is 1. The molecule has 5 nitrogen and oxygen atoms in total. The third kappa shape index (κ3) is 6.53. The molecular formula is C15H22N2O3S. The van der Waals surface area contributed by atoms with Gasteiger partial charge in [0.1, 0.15) is 6.04 Å². The number of rotatable bonds is 7. The molecular weight excluding hydrogens is 288 g/mol. The first kappa shape index (κ1) is 17.4. The lowest BCUT2D eigenvalue weighted by molar-refractivity contribution is -0.145. The fourth-order valence-electron chi connectivity index (χ4n) is 1.78. The Labute approximate surface area is 129 Å². The lowest BCUT2D eigenvalue weighted by Crippen LogP contribution is -2.43. The summed E-state index contributed by atoms with van der Waals surface area (Å²) in [6, 6.07) is 6.71. The number of thioether (sulfide) groups is 1. The van der Waals surface area contributed by atoms with Crippen LogP contribution in [-0.4, -0.2) is 30.8 Å². The predicted molar refractivity (Wildman–Crippen MR) is 85.0 cm³/mol. The van der Waals surface area contributed by atoms with Crippen LogP contribution in [0.3, 0.4) is 0 Å². The molecule has 1 aromatic rings. The van der Waals surface area contributed by atoms with Gasteiger partial charge in [0.15, 0.2) is 0 Å². The minimum absolute atomic E-state index is 0.187. The molecule has 0 radical (unpaired) electrons. The van der Waals surface area contributed by atoms with Gasteiger partial charge < -0.3 is 15.8 Å². The van der Waals surface area contributed by atoms with Crippen LogP contribution in [0.1, 0.15) is 20.3 Å². The number of nitrogens with two attached hydrogens (primary N) is 1. The number of ether oxygens (including phenoxy) is 1. The zero-order chi connectivity index (χ0) is 15.8. The van der Waals surface area contributed by atoms with Gasteiger partial charge in [0, 0.05) is 10.6 Å². The molecule has 1 unspecified atom stereocenters. The number of hydrogen-bond donors (Lipinski definition) is 2. The Morgan fingerprint density at radius 1 is 1.29 bits per heavy atom. The molecule has 116 valence electrons. The van der Waals surface area contributed by atoms with Crippen molar-refractivity contribution in [3.05, 3.63) is 24.3 Å². The Hall–Kier alpha value is -1.69. The van der Waals surface area contributed by atoms with Gasteiger partial charge in [-0.05, 0) is 36.6 Å². The number of carbonyl (C=O) groups excluding carboxylic acids is 2. The van der Waals surface area contributed by atoms with Gasteiger partial charge in [0.2, 0.25) is 5.91 Å². The quantitative estimate of drug-likeness (QED) is 0.458. The van der Waals surface area contributed by atoms with Crippen LogP contribution < -0.4 is 11.1 Å². The Bertz CT molecular complexity index is 474. The maximum absolute atomic E-state index is 11.9. The average Bonchev–Trinajstić information content (AvgIpc) is 2.44. The zero-order valence-corrected chi connectivity index (χ0v) is 13.4. The number of nitrogen functional groups attached to an aromatic ring is 1. The molecule has 6 heteroatoms. The number of benzene rings is 1. The SMILES string of the molecule is COC(=O)C(CC(C)C)NC(=O)CSc1ccc(N)cc1. The van der Waals surface area contributed by atoms with E-state index in [4.69, 9.17) is 10.5 Å². The lowest BCUT2D eigenvalue weighted by Gasteiger charge is -2.18. The van der Waals surface area contributed by atoms with Crippen LogP contribution in [0, 0.1) is 5.92 Å². The molecule has 0 saturated carbocycles. The Morgan fingerprint density at radius 2 is 1.90 bits per heavy atom. The van der Waals surface area contributed by atoms with Gasteiger partial charge in [-0.2, -0.15) is 0 Å². The molecule has 1 atom stereocenters. The fourth-order valence-corrected chi connectivity index (χ4v) is 2.49. The van der Waals surface area contributed by atoms with E-state index in [1.807, 2.05) is 26.0 Å². The number of anilines is 1. The number of carbonyl (C=O) groups is 2. The van der Waals surface area contributed by atoms with E-state index in [1.165, 1.54) is 18.9 Å². The van der Waals surface area contributed by atoms with Crippen LogP contribution in [0.5, 0.6) is 0 Å². The molecule has 0 aliphatic heterocycles. The minimum atomic E-state index is -0.588. The van der Waals surface area contributed by atoms with Gasteiger partial charge in [0.25, 0.3) is 0 Å². The summed E-state index contributed by atoms with van der Waals surface area (Å²) < 4.78 is 4.72. The van der Waals surface area contributed by atoms with Crippen LogP contribution in [0.25, 0.3) is 0 Å². The second-order valence-corrected chi connectivity index (χ2v) is 6.18. The number of nitrogens with one attached hydrogen (secondary N) is 1. The van der Waals surface area contributed by atoms with Crippen LogP contribution in [0.15, 0.2) is 29.2 Å². The summed E-state index contributed by atoms with van der Waals surface area (Å²) in [7, 11) is 1.32. The molecule has 0 aromatic heterocycles. The van der Waals surface area contributed by atoms with Crippen molar-refractivity contribution in [1.29, 1.82) is 0 Å². The highest BCUT2D eigenvalue weighted by molar-refractivity contribution is 8.00. The van der Waals surface area contributed by atoms with E-state index in [1.54, 1.807) is 12.1 Å². The summed E-state index contributed by atoms with van der Waals surface area (Å²) in [4.78, 5) is 24.5. The zero-order valence-electron chi connectivity index (χ0n) is 12.6. The van der Waals surface area contributed by atoms with E-state index in [0.717, 1.165) is 4.90 Å². The van der Waals surface area contributed by atoms with Gasteiger partial charge in [-0.25, -0.2) is 4.79 Å². The van der Waals surface area contributed by atoms with Crippen molar-refractivity contribution in [2.75, 3.05) is 18.6 Å². The standard InChI is InChI=1S/C15H22N2O3S/c1-10(2)8-13(15(19)20-3)17-14(18)9-21-12-6-4-11(16)5-7-12/h4-7,10,13H,8-9,16H2,1-3H3,(H,17,18). The molecule has 3 N–H and O–H groups in total. The molecule has 0 heterocycles. The van der Waals surface area contributed by atoms with E-state index in [0.29, 0.717) is 18.0 Å². The highest BCUT2D eigenvalue weighted by Crippen LogP contribution is 2.19. The molecule has 0 aliphatic carbocycles. The van der Waals surface area contributed by atoms with Gasteiger partial charge >= 0.3 is 5.97 Å². The molecule has 0 bridgehead atoms. The first-order chi connectivity index (χ1) is 9.92. The van der Waals surface area contributed by atoms with Crippen LogP contribution in [0.4, 0.5) is 5.69 Å². The smallest absolute Gasteiger partial charge is 0.328 e. The summed E-state index contributed by atoms with van der Waals surface area (Å²) in [5.74, 6) is -0.0586.